The number of likely N-dealkylation sites (tertiary alicyclic amines) is 1. The summed E-state index contributed by atoms with van der Waals surface area (Å²) in [5.41, 5.74) is 0. The van der Waals surface area contributed by atoms with Gasteiger partial charge in [-0.05, 0) is 32.9 Å². The summed E-state index contributed by atoms with van der Waals surface area (Å²) in [6, 6.07) is 2.29. The van der Waals surface area contributed by atoms with Gasteiger partial charge in [0.25, 0.3) is 0 Å². The van der Waals surface area contributed by atoms with Crippen LogP contribution in [-0.4, -0.2) is 40.5 Å². The average Bonchev–Trinajstić information content (AvgIpc) is 2.79. The van der Waals surface area contributed by atoms with Crippen LogP contribution in [0, 0.1) is 0 Å². The van der Waals surface area contributed by atoms with E-state index in [1.807, 2.05) is 0 Å². The van der Waals surface area contributed by atoms with Crippen molar-refractivity contribution in [2.45, 2.75) is 25.8 Å². The molecular weight excluding hydrogens is 224 g/mol. The van der Waals surface area contributed by atoms with Crippen molar-refractivity contribution in [3.63, 3.8) is 0 Å². The van der Waals surface area contributed by atoms with E-state index in [1.165, 1.54) is 32.3 Å². The molecule has 0 aliphatic carbocycles. The molecule has 0 aromatic carbocycles. The second-order valence-corrected chi connectivity index (χ2v) is 4.59. The zero-order chi connectivity index (χ0) is 11.4. The van der Waals surface area contributed by atoms with E-state index in [1.54, 1.807) is 6.07 Å². The first-order chi connectivity index (χ1) is 7.75. The third-order valence-corrected chi connectivity index (χ3v) is 3.18. The topological polar surface area (TPSA) is 41.1 Å². The second-order valence-electron chi connectivity index (χ2n) is 4.20. The van der Waals surface area contributed by atoms with Gasteiger partial charge in [0.05, 0.1) is 0 Å². The van der Waals surface area contributed by atoms with Crippen molar-refractivity contribution < 1.29 is 0 Å². The Hall–Kier alpha value is -0.870. The monoisotopic (exact) mass is 240 g/mol. The third kappa shape index (κ3) is 3.06. The molecule has 1 aromatic heterocycles. The van der Waals surface area contributed by atoms with Crippen molar-refractivity contribution in [2.75, 3.05) is 25.0 Å². The van der Waals surface area contributed by atoms with Crippen LogP contribution < -0.4 is 5.32 Å². The van der Waals surface area contributed by atoms with E-state index < -0.39 is 0 Å². The van der Waals surface area contributed by atoms with Crippen molar-refractivity contribution in [3.8, 4) is 0 Å². The van der Waals surface area contributed by atoms with Gasteiger partial charge in [-0.1, -0.05) is 11.6 Å². The molecular formula is C11H17ClN4. The van der Waals surface area contributed by atoms with Gasteiger partial charge in [-0.2, -0.15) is 0 Å². The molecule has 1 aromatic rings. The van der Waals surface area contributed by atoms with Gasteiger partial charge in [0, 0.05) is 18.7 Å². The van der Waals surface area contributed by atoms with E-state index in [0.29, 0.717) is 11.2 Å². The lowest BCUT2D eigenvalue weighted by atomic mass is 10.3. The number of halogens is 1. The molecule has 1 aliphatic heterocycles. The van der Waals surface area contributed by atoms with Crippen LogP contribution in [0.5, 0.6) is 0 Å². The van der Waals surface area contributed by atoms with Crippen molar-refractivity contribution in [1.82, 2.24) is 14.9 Å². The molecule has 1 saturated heterocycles. The molecule has 1 aliphatic rings. The lowest BCUT2D eigenvalue weighted by molar-refractivity contribution is 0.269. The van der Waals surface area contributed by atoms with E-state index in [-0.39, 0.29) is 0 Å². The van der Waals surface area contributed by atoms with Crippen LogP contribution in [0.2, 0.25) is 5.15 Å². The van der Waals surface area contributed by atoms with Crippen LogP contribution in [0.15, 0.2) is 12.4 Å². The molecule has 1 unspecified atom stereocenters. The van der Waals surface area contributed by atoms with Gasteiger partial charge in [-0.25, -0.2) is 9.97 Å². The smallest absolute Gasteiger partial charge is 0.134 e. The number of rotatable bonds is 4. The molecule has 88 valence electrons. The van der Waals surface area contributed by atoms with Gasteiger partial charge < -0.3 is 5.32 Å². The Bertz CT molecular complexity index is 339. The standard InChI is InChI=1S/C11H17ClN4/c1-9(16-4-2-3-5-16)7-13-11-6-10(12)14-8-15-11/h6,8-9H,2-5,7H2,1H3,(H,13,14,15). The fourth-order valence-electron chi connectivity index (χ4n) is 1.99. The molecule has 2 heterocycles. The Balaban J connectivity index is 1.82. The lowest BCUT2D eigenvalue weighted by Gasteiger charge is -2.23. The van der Waals surface area contributed by atoms with E-state index in [0.717, 1.165) is 12.4 Å². The predicted octanol–water partition coefficient (Wildman–Crippen LogP) is 2.03. The molecule has 5 heteroatoms. The van der Waals surface area contributed by atoms with Gasteiger partial charge in [-0.3, -0.25) is 4.90 Å². The van der Waals surface area contributed by atoms with E-state index in [2.05, 4.69) is 27.1 Å². The summed E-state index contributed by atoms with van der Waals surface area (Å²) in [5.74, 6) is 0.797. The van der Waals surface area contributed by atoms with E-state index in [9.17, 15) is 0 Å². The molecule has 0 saturated carbocycles. The zero-order valence-electron chi connectivity index (χ0n) is 9.49. The molecule has 2 rings (SSSR count). The minimum atomic E-state index is 0.478. The summed E-state index contributed by atoms with van der Waals surface area (Å²) < 4.78 is 0. The minimum absolute atomic E-state index is 0.478. The maximum absolute atomic E-state index is 5.79. The van der Waals surface area contributed by atoms with Crippen LogP contribution in [0.4, 0.5) is 5.82 Å². The first-order valence-electron chi connectivity index (χ1n) is 5.71. The summed E-state index contributed by atoms with van der Waals surface area (Å²) in [6.45, 7) is 5.56. The summed E-state index contributed by atoms with van der Waals surface area (Å²) >= 11 is 5.79. The third-order valence-electron chi connectivity index (χ3n) is 2.98. The number of nitrogens with zero attached hydrogens (tertiary/aromatic N) is 3. The molecule has 0 amide bonds. The molecule has 0 spiro atoms. The Kier molecular flexibility index (Phi) is 3.96. The van der Waals surface area contributed by atoms with Crippen molar-refractivity contribution in [3.05, 3.63) is 17.5 Å². The highest BCUT2D eigenvalue weighted by molar-refractivity contribution is 6.29. The van der Waals surface area contributed by atoms with Crippen LogP contribution in [0.1, 0.15) is 19.8 Å². The minimum Gasteiger partial charge on any atom is -0.368 e. The Morgan fingerprint density at radius 3 is 2.88 bits per heavy atom. The predicted molar refractivity (Wildman–Crippen MR) is 65.8 cm³/mol. The molecule has 1 atom stereocenters. The van der Waals surface area contributed by atoms with Crippen LogP contribution in [0.25, 0.3) is 0 Å². The fraction of sp³-hybridized carbons (Fsp3) is 0.636. The quantitative estimate of drug-likeness (QED) is 0.818. The maximum atomic E-state index is 5.79. The van der Waals surface area contributed by atoms with Gasteiger partial charge in [0.1, 0.15) is 17.3 Å². The number of hydrogen-bond acceptors (Lipinski definition) is 4. The van der Waals surface area contributed by atoms with Gasteiger partial charge in [0.2, 0.25) is 0 Å². The van der Waals surface area contributed by atoms with Gasteiger partial charge in [-0.15, -0.1) is 0 Å². The highest BCUT2D eigenvalue weighted by Crippen LogP contribution is 2.13. The van der Waals surface area contributed by atoms with E-state index >= 15 is 0 Å². The summed E-state index contributed by atoms with van der Waals surface area (Å²) in [6.07, 6.45) is 4.12. The van der Waals surface area contributed by atoms with Crippen molar-refractivity contribution in [2.24, 2.45) is 0 Å². The highest BCUT2D eigenvalue weighted by atomic mass is 35.5. The normalized spacial score (nSPS) is 18.6. The van der Waals surface area contributed by atoms with Crippen molar-refractivity contribution >= 4 is 17.4 Å². The molecule has 4 nitrogen and oxygen atoms in total. The number of anilines is 1. The molecule has 0 bridgehead atoms. The molecule has 16 heavy (non-hydrogen) atoms. The first kappa shape index (κ1) is 11.6. The van der Waals surface area contributed by atoms with E-state index in [4.69, 9.17) is 11.6 Å². The molecule has 0 radical (unpaired) electrons. The summed E-state index contributed by atoms with van der Waals surface area (Å²) in [5, 5.41) is 3.76. The van der Waals surface area contributed by atoms with Crippen LogP contribution in [-0.2, 0) is 0 Å². The highest BCUT2D eigenvalue weighted by Gasteiger charge is 2.17. The molecule has 1 N–H and O–H groups in total. The SMILES string of the molecule is CC(CNc1cc(Cl)ncn1)N1CCCC1. The van der Waals surface area contributed by atoms with Crippen LogP contribution in [0.3, 0.4) is 0 Å². The fourth-order valence-corrected chi connectivity index (χ4v) is 2.14. The van der Waals surface area contributed by atoms with Crippen molar-refractivity contribution in [1.29, 1.82) is 0 Å². The number of hydrogen-bond donors (Lipinski definition) is 1. The maximum Gasteiger partial charge on any atom is 0.134 e. The Labute approximate surface area is 101 Å². The lowest BCUT2D eigenvalue weighted by Crippen LogP contribution is -2.35. The van der Waals surface area contributed by atoms with Crippen LogP contribution >= 0.6 is 11.6 Å². The summed E-state index contributed by atoms with van der Waals surface area (Å²) in [4.78, 5) is 10.5. The number of aromatic nitrogens is 2. The van der Waals surface area contributed by atoms with Gasteiger partial charge in [0.15, 0.2) is 0 Å². The first-order valence-corrected chi connectivity index (χ1v) is 6.09. The Morgan fingerprint density at radius 1 is 1.44 bits per heavy atom. The second kappa shape index (κ2) is 5.46. The zero-order valence-corrected chi connectivity index (χ0v) is 10.2. The Morgan fingerprint density at radius 2 is 2.19 bits per heavy atom. The van der Waals surface area contributed by atoms with Gasteiger partial charge >= 0.3 is 0 Å². The average molecular weight is 241 g/mol. The number of nitrogens with one attached hydrogen (secondary N) is 1. The summed E-state index contributed by atoms with van der Waals surface area (Å²) in [7, 11) is 0. The largest absolute Gasteiger partial charge is 0.368 e. The molecule has 1 fully saturated rings.